The molecule has 0 radical (unpaired) electrons. The third-order valence-corrected chi connectivity index (χ3v) is 6.01. The first-order valence-electron chi connectivity index (χ1n) is 10.2. The summed E-state index contributed by atoms with van der Waals surface area (Å²) >= 11 is 0. The van der Waals surface area contributed by atoms with Crippen LogP contribution in [0.4, 0.5) is 0 Å². The van der Waals surface area contributed by atoms with E-state index < -0.39 is 0 Å². The minimum Gasteiger partial charge on any atom is -0.497 e. The van der Waals surface area contributed by atoms with E-state index in [9.17, 15) is 4.79 Å². The number of ether oxygens (including phenoxy) is 1. The monoisotopic (exact) mass is 383 g/mol. The second-order valence-corrected chi connectivity index (χ2v) is 7.86. The smallest absolute Gasteiger partial charge is 0.227 e. The summed E-state index contributed by atoms with van der Waals surface area (Å²) in [5.41, 5.74) is 1.02. The molecule has 3 heterocycles. The summed E-state index contributed by atoms with van der Waals surface area (Å²) < 4.78 is 7.46. The van der Waals surface area contributed by atoms with Crippen LogP contribution in [0.2, 0.25) is 0 Å². The van der Waals surface area contributed by atoms with Crippen LogP contribution in [0.1, 0.15) is 36.0 Å². The molecule has 0 N–H and O–H groups in total. The summed E-state index contributed by atoms with van der Waals surface area (Å²) in [6.07, 6.45) is 3.46. The summed E-state index contributed by atoms with van der Waals surface area (Å²) in [6, 6.07) is 7.73. The molecule has 0 spiro atoms. The molecule has 28 heavy (non-hydrogen) atoms. The van der Waals surface area contributed by atoms with Gasteiger partial charge in [-0.2, -0.15) is 0 Å². The lowest BCUT2D eigenvalue weighted by Gasteiger charge is -2.28. The van der Waals surface area contributed by atoms with Gasteiger partial charge in [0.1, 0.15) is 17.4 Å². The molecule has 1 fully saturated rings. The maximum Gasteiger partial charge on any atom is 0.227 e. The summed E-state index contributed by atoms with van der Waals surface area (Å²) in [5.74, 6) is 3.61. The summed E-state index contributed by atoms with van der Waals surface area (Å²) in [7, 11) is 3.82. The molecule has 1 aromatic heterocycles. The molecule has 0 saturated carbocycles. The van der Waals surface area contributed by atoms with E-state index in [0.717, 1.165) is 68.4 Å². The molecular formula is C21H29N5O2. The number of amides is 1. The second kappa shape index (κ2) is 8.31. The number of hydrogen-bond donors (Lipinski definition) is 0. The number of aromatic nitrogens is 3. The van der Waals surface area contributed by atoms with Crippen LogP contribution in [0.15, 0.2) is 24.3 Å². The lowest BCUT2D eigenvalue weighted by Crippen LogP contribution is -2.35. The SMILES string of the molecule is COc1ccc(CC(=O)N2CCc3nnc(C4CCN(C)CC4)n3CC2)cc1. The van der Waals surface area contributed by atoms with Crippen molar-refractivity contribution in [3.63, 3.8) is 0 Å². The van der Waals surface area contributed by atoms with Crippen molar-refractivity contribution in [3.05, 3.63) is 41.5 Å². The molecule has 4 rings (SSSR count). The number of hydrogen-bond acceptors (Lipinski definition) is 5. The zero-order valence-electron chi connectivity index (χ0n) is 16.8. The van der Waals surface area contributed by atoms with Crippen LogP contribution in [0.5, 0.6) is 5.75 Å². The molecule has 1 amide bonds. The summed E-state index contributed by atoms with van der Waals surface area (Å²) in [4.78, 5) is 17.2. The van der Waals surface area contributed by atoms with Crippen molar-refractivity contribution in [2.45, 2.75) is 38.1 Å². The highest BCUT2D eigenvalue weighted by Crippen LogP contribution is 2.27. The minimum absolute atomic E-state index is 0.171. The van der Waals surface area contributed by atoms with Crippen molar-refractivity contribution < 1.29 is 9.53 Å². The van der Waals surface area contributed by atoms with Gasteiger partial charge < -0.3 is 19.1 Å². The third-order valence-electron chi connectivity index (χ3n) is 6.01. The number of piperidine rings is 1. The van der Waals surface area contributed by atoms with E-state index in [1.165, 1.54) is 0 Å². The van der Waals surface area contributed by atoms with Gasteiger partial charge in [0.25, 0.3) is 0 Å². The maximum absolute atomic E-state index is 12.8. The Morgan fingerprint density at radius 2 is 1.82 bits per heavy atom. The fourth-order valence-electron chi connectivity index (χ4n) is 4.19. The second-order valence-electron chi connectivity index (χ2n) is 7.86. The molecule has 7 heteroatoms. The molecule has 0 unspecified atom stereocenters. The average molecular weight is 383 g/mol. The van der Waals surface area contributed by atoms with Gasteiger partial charge in [-0.3, -0.25) is 4.79 Å². The molecule has 1 saturated heterocycles. The van der Waals surface area contributed by atoms with E-state index in [-0.39, 0.29) is 5.91 Å². The molecule has 0 bridgehead atoms. The van der Waals surface area contributed by atoms with Crippen LogP contribution >= 0.6 is 0 Å². The van der Waals surface area contributed by atoms with Crippen molar-refractivity contribution in [3.8, 4) is 5.75 Å². The quantitative estimate of drug-likeness (QED) is 0.805. The maximum atomic E-state index is 12.8. The van der Waals surface area contributed by atoms with Crippen LogP contribution < -0.4 is 4.74 Å². The predicted molar refractivity (Wildman–Crippen MR) is 106 cm³/mol. The summed E-state index contributed by atoms with van der Waals surface area (Å²) in [5, 5.41) is 8.98. The number of carbonyl (C=O) groups is 1. The van der Waals surface area contributed by atoms with Crippen LogP contribution in [0.25, 0.3) is 0 Å². The van der Waals surface area contributed by atoms with Crippen molar-refractivity contribution in [2.75, 3.05) is 40.3 Å². The van der Waals surface area contributed by atoms with Gasteiger partial charge in [0.2, 0.25) is 5.91 Å². The Morgan fingerprint density at radius 1 is 1.07 bits per heavy atom. The largest absolute Gasteiger partial charge is 0.497 e. The van der Waals surface area contributed by atoms with Crippen LogP contribution in [0, 0.1) is 0 Å². The lowest BCUT2D eigenvalue weighted by molar-refractivity contribution is -0.130. The van der Waals surface area contributed by atoms with Gasteiger partial charge in [-0.15, -0.1) is 10.2 Å². The lowest BCUT2D eigenvalue weighted by atomic mass is 9.96. The van der Waals surface area contributed by atoms with Crippen molar-refractivity contribution >= 4 is 5.91 Å². The number of rotatable bonds is 4. The minimum atomic E-state index is 0.171. The topological polar surface area (TPSA) is 63.5 Å². The third kappa shape index (κ3) is 4.04. The fraction of sp³-hybridized carbons (Fsp3) is 0.571. The number of benzene rings is 1. The Balaban J connectivity index is 1.39. The molecule has 150 valence electrons. The van der Waals surface area contributed by atoms with Gasteiger partial charge in [-0.05, 0) is 50.7 Å². The van der Waals surface area contributed by atoms with Gasteiger partial charge in [0.05, 0.1) is 13.5 Å². The molecule has 7 nitrogen and oxygen atoms in total. The molecule has 2 aliphatic heterocycles. The number of nitrogens with zero attached hydrogens (tertiary/aromatic N) is 5. The fourth-order valence-corrected chi connectivity index (χ4v) is 4.19. The molecule has 2 aromatic rings. The molecular weight excluding hydrogens is 354 g/mol. The van der Waals surface area contributed by atoms with Crippen molar-refractivity contribution in [2.24, 2.45) is 0 Å². The first-order valence-corrected chi connectivity index (χ1v) is 10.2. The first kappa shape index (κ1) is 18.9. The van der Waals surface area contributed by atoms with Crippen molar-refractivity contribution in [1.29, 1.82) is 0 Å². The Labute approximate surface area is 166 Å². The van der Waals surface area contributed by atoms with Gasteiger partial charge in [-0.25, -0.2) is 0 Å². The molecule has 2 aliphatic rings. The van der Waals surface area contributed by atoms with Crippen LogP contribution in [-0.4, -0.2) is 70.8 Å². The zero-order valence-corrected chi connectivity index (χ0v) is 16.8. The highest BCUT2D eigenvalue weighted by molar-refractivity contribution is 5.78. The normalized spacial score (nSPS) is 18.6. The van der Waals surface area contributed by atoms with Gasteiger partial charge in [0, 0.05) is 32.0 Å². The average Bonchev–Trinajstić information content (AvgIpc) is 3.00. The Kier molecular flexibility index (Phi) is 5.62. The van der Waals surface area contributed by atoms with E-state index >= 15 is 0 Å². The molecule has 0 atom stereocenters. The van der Waals surface area contributed by atoms with Gasteiger partial charge in [-0.1, -0.05) is 12.1 Å². The standard InChI is InChI=1S/C21H29N5O2/c1-24-10-7-17(8-11-24)21-23-22-19-9-12-25(13-14-26(19)21)20(27)15-16-3-5-18(28-2)6-4-16/h3-6,17H,7-15H2,1-2H3. The van der Waals surface area contributed by atoms with E-state index in [4.69, 9.17) is 4.74 Å². The van der Waals surface area contributed by atoms with E-state index in [2.05, 4.69) is 26.7 Å². The molecule has 1 aromatic carbocycles. The number of likely N-dealkylation sites (tertiary alicyclic amines) is 1. The Morgan fingerprint density at radius 3 is 2.54 bits per heavy atom. The summed E-state index contributed by atoms with van der Waals surface area (Å²) in [6.45, 7) is 4.44. The first-order chi connectivity index (χ1) is 13.6. The van der Waals surface area contributed by atoms with E-state index in [0.29, 0.717) is 18.9 Å². The zero-order chi connectivity index (χ0) is 19.5. The van der Waals surface area contributed by atoms with Crippen LogP contribution in [-0.2, 0) is 24.2 Å². The van der Waals surface area contributed by atoms with E-state index in [1.807, 2.05) is 29.2 Å². The number of carbonyl (C=O) groups excluding carboxylic acids is 1. The highest BCUT2D eigenvalue weighted by Gasteiger charge is 2.27. The molecule has 0 aliphatic carbocycles. The predicted octanol–water partition coefficient (Wildman–Crippen LogP) is 1.72. The Bertz CT molecular complexity index is 809. The van der Waals surface area contributed by atoms with Crippen LogP contribution in [0.3, 0.4) is 0 Å². The van der Waals surface area contributed by atoms with Gasteiger partial charge >= 0.3 is 0 Å². The number of methoxy groups -OCH3 is 1. The van der Waals surface area contributed by atoms with Crippen molar-refractivity contribution in [1.82, 2.24) is 24.6 Å². The van der Waals surface area contributed by atoms with Gasteiger partial charge in [0.15, 0.2) is 0 Å². The Hall–Kier alpha value is -2.41. The highest BCUT2D eigenvalue weighted by atomic mass is 16.5. The van der Waals surface area contributed by atoms with E-state index in [1.54, 1.807) is 7.11 Å². The number of fused-ring (bicyclic) bond motifs is 1.